The molecule has 0 aliphatic heterocycles. The van der Waals surface area contributed by atoms with E-state index in [0.29, 0.717) is 0 Å². The second-order valence-electron chi connectivity index (χ2n) is 3.15. The first-order valence-corrected chi connectivity index (χ1v) is 4.25. The molecule has 0 bridgehead atoms. The Hall–Kier alpha value is 0.120. The Balaban J connectivity index is 0. The molecular weight excluding hydrogens is 203 g/mol. The van der Waals surface area contributed by atoms with Crippen LogP contribution in [-0.2, 0) is 6.42 Å². The van der Waals surface area contributed by atoms with Crippen molar-refractivity contribution >= 4 is 12.4 Å². The summed E-state index contributed by atoms with van der Waals surface area (Å²) in [5, 5.41) is 0. The molecular formula is C12H16ClNa. The monoisotopic (exact) mass is 218 g/mol. The first kappa shape index (κ1) is 16.5. The minimum Gasteiger partial charge on any atom is -0.186 e. The van der Waals surface area contributed by atoms with E-state index in [1.807, 2.05) is 6.08 Å². The Kier molecular flexibility index (Phi) is 9.96. The van der Waals surface area contributed by atoms with Crippen molar-refractivity contribution < 1.29 is 29.6 Å². The zero-order chi connectivity index (χ0) is 8.97. The maximum absolute atomic E-state index is 3.75. The van der Waals surface area contributed by atoms with Crippen molar-refractivity contribution in [1.82, 2.24) is 0 Å². The van der Waals surface area contributed by atoms with Gasteiger partial charge < -0.3 is 0 Å². The van der Waals surface area contributed by atoms with Crippen LogP contribution in [0, 0.1) is 5.92 Å². The van der Waals surface area contributed by atoms with Crippen LogP contribution in [-0.4, -0.2) is 0 Å². The van der Waals surface area contributed by atoms with E-state index in [-0.39, 0.29) is 42.0 Å². The normalized spacial score (nSPS) is 8.14. The van der Waals surface area contributed by atoms with Gasteiger partial charge in [-0.25, -0.2) is 0 Å². The molecule has 0 heterocycles. The maximum Gasteiger partial charge on any atom is 1.00 e. The summed E-state index contributed by atoms with van der Waals surface area (Å²) in [6.45, 7) is 8.03. The van der Waals surface area contributed by atoms with Gasteiger partial charge in [0, 0.05) is 0 Å². The minimum absolute atomic E-state index is 0. The van der Waals surface area contributed by atoms with Gasteiger partial charge in [0.2, 0.25) is 0 Å². The summed E-state index contributed by atoms with van der Waals surface area (Å²) in [5.74, 6) is 1.37. The van der Waals surface area contributed by atoms with Crippen molar-refractivity contribution in [1.29, 1.82) is 0 Å². The molecule has 0 aliphatic rings. The largest absolute Gasteiger partial charge is 1.00 e. The molecule has 0 aliphatic carbocycles. The molecule has 2 heteroatoms. The minimum atomic E-state index is 0. The van der Waals surface area contributed by atoms with Crippen LogP contribution in [0.3, 0.4) is 0 Å². The smallest absolute Gasteiger partial charge is 0.186 e. The van der Waals surface area contributed by atoms with Gasteiger partial charge in [0.1, 0.15) is 0 Å². The van der Waals surface area contributed by atoms with E-state index in [1.54, 1.807) is 0 Å². The predicted octanol–water partition coefficient (Wildman–Crippen LogP) is 0.803. The standard InChI is InChI=1S/C12H15.ClH.Na/c1-4-7-11-8-5-6-9-12(11)10(2)3;;/h4-6,8-9H,1,7H2,2-3H3;1H;/q-1;;+1. The van der Waals surface area contributed by atoms with Crippen LogP contribution in [0.5, 0.6) is 0 Å². The van der Waals surface area contributed by atoms with E-state index in [4.69, 9.17) is 0 Å². The van der Waals surface area contributed by atoms with Crippen molar-refractivity contribution in [2.24, 2.45) is 0 Å². The quantitative estimate of drug-likeness (QED) is 0.400. The molecule has 1 aromatic rings. The van der Waals surface area contributed by atoms with Gasteiger partial charge in [0.15, 0.2) is 0 Å². The summed E-state index contributed by atoms with van der Waals surface area (Å²) in [6.07, 6.45) is 2.91. The van der Waals surface area contributed by atoms with Gasteiger partial charge in [0.25, 0.3) is 0 Å². The summed E-state index contributed by atoms with van der Waals surface area (Å²) in [5.41, 5.74) is 2.73. The molecule has 14 heavy (non-hydrogen) atoms. The SMILES string of the molecule is C=CCc1ccccc1[C-](C)C.Cl.[Na+]. The number of halogens is 1. The third-order valence-electron chi connectivity index (χ3n) is 1.92. The van der Waals surface area contributed by atoms with Crippen molar-refractivity contribution in [3.05, 3.63) is 54.0 Å². The van der Waals surface area contributed by atoms with Gasteiger partial charge in [-0.3, -0.25) is 0 Å². The maximum atomic E-state index is 3.75. The van der Waals surface area contributed by atoms with E-state index in [1.165, 1.54) is 17.0 Å². The molecule has 1 aromatic carbocycles. The van der Waals surface area contributed by atoms with Gasteiger partial charge in [-0.05, 0) is 0 Å². The topological polar surface area (TPSA) is 0 Å². The van der Waals surface area contributed by atoms with Crippen LogP contribution in [0.1, 0.15) is 25.0 Å². The number of allylic oxidation sites excluding steroid dienone is 1. The van der Waals surface area contributed by atoms with Crippen LogP contribution in [0.2, 0.25) is 0 Å². The molecule has 0 fully saturated rings. The summed E-state index contributed by atoms with van der Waals surface area (Å²) < 4.78 is 0. The van der Waals surface area contributed by atoms with Gasteiger partial charge in [0.05, 0.1) is 0 Å². The van der Waals surface area contributed by atoms with E-state index in [2.05, 4.69) is 44.7 Å². The Morgan fingerprint density at radius 3 is 2.36 bits per heavy atom. The molecule has 0 saturated heterocycles. The zero-order valence-electron chi connectivity index (χ0n) is 9.21. The molecule has 0 atom stereocenters. The molecule has 72 valence electrons. The van der Waals surface area contributed by atoms with Gasteiger partial charge >= 0.3 is 29.6 Å². The van der Waals surface area contributed by atoms with Crippen molar-refractivity contribution in [2.45, 2.75) is 20.3 Å². The van der Waals surface area contributed by atoms with Gasteiger partial charge in [-0.15, -0.1) is 36.7 Å². The summed E-state index contributed by atoms with van der Waals surface area (Å²) in [7, 11) is 0. The van der Waals surface area contributed by atoms with E-state index in [0.717, 1.165) is 6.42 Å². The van der Waals surface area contributed by atoms with E-state index < -0.39 is 0 Å². The zero-order valence-corrected chi connectivity index (χ0v) is 12.0. The second-order valence-corrected chi connectivity index (χ2v) is 3.15. The summed E-state index contributed by atoms with van der Waals surface area (Å²) in [6, 6.07) is 8.47. The fourth-order valence-electron chi connectivity index (χ4n) is 1.34. The van der Waals surface area contributed by atoms with Crippen molar-refractivity contribution in [3.8, 4) is 0 Å². The Bertz CT molecular complexity index is 269. The summed E-state index contributed by atoms with van der Waals surface area (Å²) >= 11 is 0. The van der Waals surface area contributed by atoms with Crippen LogP contribution in [0.25, 0.3) is 0 Å². The predicted molar refractivity (Wildman–Crippen MR) is 61.3 cm³/mol. The third kappa shape index (κ3) is 4.56. The van der Waals surface area contributed by atoms with Crippen LogP contribution >= 0.6 is 12.4 Å². The Labute approximate surface area is 115 Å². The first-order valence-electron chi connectivity index (χ1n) is 4.25. The van der Waals surface area contributed by atoms with Crippen LogP contribution < -0.4 is 29.6 Å². The van der Waals surface area contributed by atoms with Crippen molar-refractivity contribution in [3.63, 3.8) is 0 Å². The Morgan fingerprint density at radius 2 is 1.86 bits per heavy atom. The summed E-state index contributed by atoms with van der Waals surface area (Å²) in [4.78, 5) is 0. The molecule has 0 N–H and O–H groups in total. The molecule has 0 amide bonds. The van der Waals surface area contributed by atoms with Crippen molar-refractivity contribution in [2.75, 3.05) is 0 Å². The molecule has 1 rings (SSSR count). The molecule has 0 radical (unpaired) electrons. The van der Waals surface area contributed by atoms with Gasteiger partial charge in [-0.1, -0.05) is 32.4 Å². The van der Waals surface area contributed by atoms with E-state index >= 15 is 0 Å². The Morgan fingerprint density at radius 1 is 1.29 bits per heavy atom. The third-order valence-corrected chi connectivity index (χ3v) is 1.92. The fourth-order valence-corrected chi connectivity index (χ4v) is 1.34. The molecule has 0 nitrogen and oxygen atoms in total. The fraction of sp³-hybridized carbons (Fsp3) is 0.250. The van der Waals surface area contributed by atoms with Gasteiger partial charge in [-0.2, -0.15) is 17.5 Å². The first-order chi connectivity index (χ1) is 5.75. The number of rotatable bonds is 3. The van der Waals surface area contributed by atoms with E-state index in [9.17, 15) is 0 Å². The molecule has 0 saturated carbocycles. The number of benzene rings is 1. The van der Waals surface area contributed by atoms with Crippen LogP contribution in [0.4, 0.5) is 0 Å². The molecule has 0 spiro atoms. The number of hydrogen-bond donors (Lipinski definition) is 0. The average Bonchev–Trinajstić information content (AvgIpc) is 2.05. The second kappa shape index (κ2) is 8.43. The average molecular weight is 219 g/mol. The number of hydrogen-bond acceptors (Lipinski definition) is 0. The molecule has 0 aromatic heterocycles. The molecule has 0 unspecified atom stereocenters. The van der Waals surface area contributed by atoms with Crippen LogP contribution in [0.15, 0.2) is 36.9 Å².